The van der Waals surface area contributed by atoms with E-state index in [2.05, 4.69) is 20.3 Å². The van der Waals surface area contributed by atoms with Gasteiger partial charge in [0.1, 0.15) is 11.6 Å². The van der Waals surface area contributed by atoms with Crippen molar-refractivity contribution in [3.8, 4) is 11.4 Å². The van der Waals surface area contributed by atoms with Crippen LogP contribution >= 0.6 is 0 Å². The Morgan fingerprint density at radius 1 is 1.33 bits per heavy atom. The molecule has 106 valence electrons. The normalized spacial score (nSPS) is 10.8. The van der Waals surface area contributed by atoms with Crippen LogP contribution in [0.2, 0.25) is 0 Å². The predicted octanol–water partition coefficient (Wildman–Crippen LogP) is 3.03. The molecule has 0 unspecified atom stereocenters. The van der Waals surface area contributed by atoms with Crippen LogP contribution in [0.15, 0.2) is 30.5 Å². The maximum Gasteiger partial charge on any atom is 0.221 e. The van der Waals surface area contributed by atoms with E-state index < -0.39 is 5.82 Å². The third-order valence-electron chi connectivity index (χ3n) is 3.02. The van der Waals surface area contributed by atoms with Gasteiger partial charge in [0.15, 0.2) is 5.65 Å². The number of nitrogens with one attached hydrogen (secondary N) is 2. The largest absolute Gasteiger partial charge is 0.336 e. The second-order valence-electron chi connectivity index (χ2n) is 4.85. The van der Waals surface area contributed by atoms with Crippen LogP contribution in [0.4, 0.5) is 10.1 Å². The van der Waals surface area contributed by atoms with Gasteiger partial charge in [-0.3, -0.25) is 4.79 Å². The van der Waals surface area contributed by atoms with Gasteiger partial charge in [-0.25, -0.2) is 14.4 Å². The first-order chi connectivity index (χ1) is 10.0. The molecule has 0 aliphatic rings. The molecule has 5 nitrogen and oxygen atoms in total. The number of aromatic amines is 1. The Morgan fingerprint density at radius 2 is 2.14 bits per heavy atom. The van der Waals surface area contributed by atoms with Crippen molar-refractivity contribution in [3.05, 3.63) is 41.8 Å². The van der Waals surface area contributed by atoms with Crippen molar-refractivity contribution in [2.24, 2.45) is 0 Å². The molecule has 0 fully saturated rings. The lowest BCUT2D eigenvalue weighted by Gasteiger charge is -2.05. The number of hydrogen-bond donors (Lipinski definition) is 2. The number of halogens is 1. The zero-order valence-electron chi connectivity index (χ0n) is 11.6. The molecule has 0 aliphatic heterocycles. The summed E-state index contributed by atoms with van der Waals surface area (Å²) < 4.78 is 14.0. The number of benzene rings is 1. The maximum absolute atomic E-state index is 14.0. The molecule has 0 aliphatic carbocycles. The fourth-order valence-electron chi connectivity index (χ4n) is 2.12. The van der Waals surface area contributed by atoms with E-state index in [1.807, 2.05) is 13.0 Å². The molecule has 3 aromatic rings. The summed E-state index contributed by atoms with van der Waals surface area (Å²) in [5.74, 6) is -0.248. The van der Waals surface area contributed by atoms with Gasteiger partial charge in [0, 0.05) is 18.8 Å². The number of nitrogens with zero attached hydrogens (tertiary/aromatic N) is 2. The minimum absolute atomic E-state index is 0.213. The minimum atomic E-state index is -0.417. The number of amides is 1. The van der Waals surface area contributed by atoms with E-state index in [1.54, 1.807) is 12.3 Å². The number of aromatic nitrogens is 3. The highest BCUT2D eigenvalue weighted by molar-refractivity contribution is 5.89. The molecule has 2 aromatic heterocycles. The molecule has 1 amide bonds. The molecule has 3 rings (SSSR count). The monoisotopic (exact) mass is 284 g/mol. The molecule has 6 heteroatoms. The zero-order valence-corrected chi connectivity index (χ0v) is 11.6. The summed E-state index contributed by atoms with van der Waals surface area (Å²) in [6, 6.07) is 6.24. The summed E-state index contributed by atoms with van der Waals surface area (Å²) in [7, 11) is 0. The van der Waals surface area contributed by atoms with Gasteiger partial charge >= 0.3 is 0 Å². The van der Waals surface area contributed by atoms with Crippen LogP contribution in [-0.2, 0) is 4.79 Å². The Labute approximate surface area is 120 Å². The van der Waals surface area contributed by atoms with E-state index in [1.165, 1.54) is 19.1 Å². The second-order valence-corrected chi connectivity index (χ2v) is 4.85. The summed E-state index contributed by atoms with van der Waals surface area (Å²) in [5.41, 5.74) is 3.07. The second kappa shape index (κ2) is 4.97. The van der Waals surface area contributed by atoms with Crippen molar-refractivity contribution in [2.75, 3.05) is 5.32 Å². The molecular weight excluding hydrogens is 271 g/mol. The number of hydrogen-bond acceptors (Lipinski definition) is 3. The molecule has 2 N–H and O–H groups in total. The fourth-order valence-corrected chi connectivity index (χ4v) is 2.12. The van der Waals surface area contributed by atoms with E-state index in [0.29, 0.717) is 17.2 Å². The SMILES string of the molecule is CC(=O)Nc1ccc(F)c(-c2nc3ncc(C)cc3[nH]2)c1. The van der Waals surface area contributed by atoms with Gasteiger partial charge in [0.25, 0.3) is 0 Å². The molecule has 21 heavy (non-hydrogen) atoms. The van der Waals surface area contributed by atoms with E-state index >= 15 is 0 Å². The van der Waals surface area contributed by atoms with E-state index in [9.17, 15) is 9.18 Å². The lowest BCUT2D eigenvalue weighted by atomic mass is 10.1. The van der Waals surface area contributed by atoms with Gasteiger partial charge < -0.3 is 10.3 Å². The Hall–Kier alpha value is -2.76. The molecular formula is C15H13FN4O. The number of carbonyl (C=O) groups excluding carboxylic acids is 1. The van der Waals surface area contributed by atoms with Gasteiger partial charge in [-0.2, -0.15) is 0 Å². The number of imidazole rings is 1. The first-order valence-corrected chi connectivity index (χ1v) is 6.43. The Bertz CT molecular complexity index is 841. The predicted molar refractivity (Wildman–Crippen MR) is 78.3 cm³/mol. The van der Waals surface area contributed by atoms with E-state index in [0.717, 1.165) is 11.1 Å². The van der Waals surface area contributed by atoms with Crippen LogP contribution in [0, 0.1) is 12.7 Å². The summed E-state index contributed by atoms with van der Waals surface area (Å²) >= 11 is 0. The molecule has 0 saturated heterocycles. The smallest absolute Gasteiger partial charge is 0.221 e. The third kappa shape index (κ3) is 2.60. The summed E-state index contributed by atoms with van der Waals surface area (Å²) in [4.78, 5) is 22.6. The van der Waals surface area contributed by atoms with Crippen molar-refractivity contribution >= 4 is 22.8 Å². The van der Waals surface area contributed by atoms with Crippen LogP contribution in [0.5, 0.6) is 0 Å². The number of anilines is 1. The topological polar surface area (TPSA) is 70.7 Å². The Morgan fingerprint density at radius 3 is 2.90 bits per heavy atom. The van der Waals surface area contributed by atoms with Gasteiger partial charge in [0.2, 0.25) is 5.91 Å². The number of carbonyl (C=O) groups is 1. The summed E-state index contributed by atoms with van der Waals surface area (Å²) in [6.45, 7) is 3.32. The first-order valence-electron chi connectivity index (χ1n) is 6.43. The molecule has 0 radical (unpaired) electrons. The summed E-state index contributed by atoms with van der Waals surface area (Å²) in [6.07, 6.45) is 1.71. The molecule has 0 bridgehead atoms. The number of aryl methyl sites for hydroxylation is 1. The average molecular weight is 284 g/mol. The van der Waals surface area contributed by atoms with Crippen LogP contribution in [0.25, 0.3) is 22.6 Å². The number of fused-ring (bicyclic) bond motifs is 1. The first kappa shape index (κ1) is 13.2. The molecule has 1 aromatic carbocycles. The van der Waals surface area contributed by atoms with E-state index in [4.69, 9.17) is 0 Å². The zero-order chi connectivity index (χ0) is 15.0. The minimum Gasteiger partial charge on any atom is -0.336 e. The number of rotatable bonds is 2. The van der Waals surface area contributed by atoms with Gasteiger partial charge in [-0.1, -0.05) is 0 Å². The van der Waals surface area contributed by atoms with Crippen molar-refractivity contribution < 1.29 is 9.18 Å². The maximum atomic E-state index is 14.0. The van der Waals surface area contributed by atoms with Gasteiger partial charge in [-0.15, -0.1) is 0 Å². The molecule has 2 heterocycles. The lowest BCUT2D eigenvalue weighted by Crippen LogP contribution is -2.06. The molecule has 0 atom stereocenters. The molecule has 0 spiro atoms. The fraction of sp³-hybridized carbons (Fsp3) is 0.133. The highest BCUT2D eigenvalue weighted by Gasteiger charge is 2.12. The highest BCUT2D eigenvalue weighted by Crippen LogP contribution is 2.25. The third-order valence-corrected chi connectivity index (χ3v) is 3.02. The van der Waals surface area contributed by atoms with Gasteiger partial charge in [0.05, 0.1) is 11.1 Å². The van der Waals surface area contributed by atoms with Gasteiger partial charge in [-0.05, 0) is 36.8 Å². The Kier molecular flexibility index (Phi) is 3.13. The van der Waals surface area contributed by atoms with Crippen molar-refractivity contribution in [2.45, 2.75) is 13.8 Å². The Balaban J connectivity index is 2.10. The van der Waals surface area contributed by atoms with Crippen molar-refractivity contribution in [3.63, 3.8) is 0 Å². The number of pyridine rings is 1. The lowest BCUT2D eigenvalue weighted by molar-refractivity contribution is -0.114. The molecule has 0 saturated carbocycles. The highest BCUT2D eigenvalue weighted by atomic mass is 19.1. The quantitative estimate of drug-likeness (QED) is 0.760. The summed E-state index contributed by atoms with van der Waals surface area (Å²) in [5, 5.41) is 2.62. The standard InChI is InChI=1S/C15H13FN4O/c1-8-5-13-15(17-7-8)20-14(19-13)11-6-10(18-9(2)21)3-4-12(11)16/h3-7H,1-2H3,(H,18,21)(H,17,19,20). The van der Waals surface area contributed by atoms with Crippen LogP contribution < -0.4 is 5.32 Å². The average Bonchev–Trinajstić information content (AvgIpc) is 2.83. The number of H-pyrrole nitrogens is 1. The van der Waals surface area contributed by atoms with Crippen molar-refractivity contribution in [1.29, 1.82) is 0 Å². The van der Waals surface area contributed by atoms with Crippen LogP contribution in [-0.4, -0.2) is 20.9 Å². The van der Waals surface area contributed by atoms with Crippen LogP contribution in [0.1, 0.15) is 12.5 Å². The van der Waals surface area contributed by atoms with Crippen LogP contribution in [0.3, 0.4) is 0 Å². The van der Waals surface area contributed by atoms with Crippen molar-refractivity contribution in [1.82, 2.24) is 15.0 Å². The van der Waals surface area contributed by atoms with E-state index in [-0.39, 0.29) is 11.5 Å².